The Morgan fingerprint density at radius 2 is 1.80 bits per heavy atom. The second kappa shape index (κ2) is 3.97. The lowest BCUT2D eigenvalue weighted by Gasteiger charge is -2.51. The van der Waals surface area contributed by atoms with Crippen LogP contribution < -0.4 is 0 Å². The van der Waals surface area contributed by atoms with Crippen molar-refractivity contribution in [3.05, 3.63) is 35.9 Å². The van der Waals surface area contributed by atoms with Gasteiger partial charge in [-0.3, -0.25) is 4.90 Å². The average Bonchev–Trinajstić information content (AvgIpc) is 2.16. The third-order valence-corrected chi connectivity index (χ3v) is 3.81. The second-order valence-corrected chi connectivity index (χ2v) is 5.44. The average molecular weight is 203 g/mol. The Morgan fingerprint density at radius 3 is 2.33 bits per heavy atom. The molecule has 1 aromatic rings. The molecule has 0 radical (unpaired) electrons. The molecule has 1 aliphatic heterocycles. The molecule has 0 atom stereocenters. The highest BCUT2D eigenvalue weighted by molar-refractivity contribution is 5.15. The zero-order chi connectivity index (χ0) is 10.9. The van der Waals surface area contributed by atoms with Crippen LogP contribution in [-0.2, 0) is 6.54 Å². The van der Waals surface area contributed by atoms with Crippen molar-refractivity contribution in [3.8, 4) is 0 Å². The summed E-state index contributed by atoms with van der Waals surface area (Å²) in [5.74, 6) is 0.796. The monoisotopic (exact) mass is 203 g/mol. The smallest absolute Gasteiger partial charge is 0.0234 e. The van der Waals surface area contributed by atoms with Crippen LogP contribution >= 0.6 is 0 Å². The second-order valence-electron chi connectivity index (χ2n) is 5.44. The summed E-state index contributed by atoms with van der Waals surface area (Å²) >= 11 is 0. The van der Waals surface area contributed by atoms with Crippen LogP contribution in [0.15, 0.2) is 30.3 Å². The molecule has 0 bridgehead atoms. The molecule has 1 heterocycles. The van der Waals surface area contributed by atoms with E-state index in [2.05, 4.69) is 56.0 Å². The summed E-state index contributed by atoms with van der Waals surface area (Å²) in [6, 6.07) is 10.8. The van der Waals surface area contributed by atoms with Crippen molar-refractivity contribution in [1.82, 2.24) is 4.90 Å². The summed E-state index contributed by atoms with van der Waals surface area (Å²) in [5, 5.41) is 0. The summed E-state index contributed by atoms with van der Waals surface area (Å²) in [6.07, 6.45) is 0. The maximum atomic E-state index is 2.54. The molecule has 2 rings (SSSR count). The van der Waals surface area contributed by atoms with Crippen molar-refractivity contribution < 1.29 is 0 Å². The van der Waals surface area contributed by atoms with Gasteiger partial charge in [-0.25, -0.2) is 0 Å². The van der Waals surface area contributed by atoms with Crippen molar-refractivity contribution in [2.24, 2.45) is 11.3 Å². The predicted octanol–water partition coefficient (Wildman–Crippen LogP) is 3.16. The summed E-state index contributed by atoms with van der Waals surface area (Å²) in [6.45, 7) is 10.7. The SMILES string of the molecule is CC(C)C1(C)CN(Cc2ccccc2)C1. The van der Waals surface area contributed by atoms with E-state index >= 15 is 0 Å². The van der Waals surface area contributed by atoms with E-state index in [1.165, 1.54) is 18.7 Å². The molecule has 1 nitrogen and oxygen atoms in total. The minimum Gasteiger partial charge on any atom is -0.298 e. The first-order valence-corrected chi connectivity index (χ1v) is 5.86. The van der Waals surface area contributed by atoms with Crippen LogP contribution in [0, 0.1) is 11.3 Å². The van der Waals surface area contributed by atoms with E-state index in [1.807, 2.05) is 0 Å². The van der Waals surface area contributed by atoms with E-state index in [-0.39, 0.29) is 0 Å². The lowest BCUT2D eigenvalue weighted by Crippen LogP contribution is -2.56. The van der Waals surface area contributed by atoms with Crippen molar-refractivity contribution in [3.63, 3.8) is 0 Å². The molecule has 0 spiro atoms. The molecular weight excluding hydrogens is 182 g/mol. The van der Waals surface area contributed by atoms with Gasteiger partial charge < -0.3 is 0 Å². The lowest BCUT2D eigenvalue weighted by atomic mass is 9.72. The van der Waals surface area contributed by atoms with Crippen LogP contribution in [0.1, 0.15) is 26.3 Å². The van der Waals surface area contributed by atoms with E-state index in [9.17, 15) is 0 Å². The molecule has 1 saturated heterocycles. The van der Waals surface area contributed by atoms with Crippen LogP contribution in [0.2, 0.25) is 0 Å². The van der Waals surface area contributed by atoms with Gasteiger partial charge in [-0.1, -0.05) is 51.1 Å². The summed E-state index contributed by atoms with van der Waals surface area (Å²) < 4.78 is 0. The first-order valence-electron chi connectivity index (χ1n) is 5.86. The van der Waals surface area contributed by atoms with Gasteiger partial charge in [-0.05, 0) is 16.9 Å². The van der Waals surface area contributed by atoms with Gasteiger partial charge >= 0.3 is 0 Å². The van der Waals surface area contributed by atoms with Gasteiger partial charge in [0.1, 0.15) is 0 Å². The fourth-order valence-corrected chi connectivity index (χ4v) is 2.29. The molecule has 0 aromatic heterocycles. The van der Waals surface area contributed by atoms with Crippen LogP contribution in [0.4, 0.5) is 0 Å². The van der Waals surface area contributed by atoms with E-state index in [1.54, 1.807) is 0 Å². The number of rotatable bonds is 3. The molecule has 1 aromatic carbocycles. The Labute approximate surface area is 93.1 Å². The van der Waals surface area contributed by atoms with Gasteiger partial charge in [0.2, 0.25) is 0 Å². The van der Waals surface area contributed by atoms with E-state index in [0.717, 1.165) is 12.5 Å². The van der Waals surface area contributed by atoms with Crippen molar-refractivity contribution in [2.75, 3.05) is 13.1 Å². The Bertz CT molecular complexity index is 309. The van der Waals surface area contributed by atoms with E-state index in [0.29, 0.717) is 5.41 Å². The molecule has 0 N–H and O–H groups in total. The summed E-state index contributed by atoms with van der Waals surface area (Å²) in [4.78, 5) is 2.54. The topological polar surface area (TPSA) is 3.24 Å². The molecular formula is C14H21N. The Morgan fingerprint density at radius 1 is 1.20 bits per heavy atom. The maximum absolute atomic E-state index is 2.54. The number of hydrogen-bond donors (Lipinski definition) is 0. The summed E-state index contributed by atoms with van der Waals surface area (Å²) in [5.41, 5.74) is 1.98. The Kier molecular flexibility index (Phi) is 2.83. The largest absolute Gasteiger partial charge is 0.298 e. The third-order valence-electron chi connectivity index (χ3n) is 3.81. The molecule has 1 aliphatic rings. The quantitative estimate of drug-likeness (QED) is 0.729. The first kappa shape index (κ1) is 10.7. The zero-order valence-electron chi connectivity index (χ0n) is 10.0. The van der Waals surface area contributed by atoms with Gasteiger partial charge in [-0.15, -0.1) is 0 Å². The van der Waals surface area contributed by atoms with Gasteiger partial charge in [0.25, 0.3) is 0 Å². The fraction of sp³-hybridized carbons (Fsp3) is 0.571. The first-order chi connectivity index (χ1) is 7.10. The summed E-state index contributed by atoms with van der Waals surface area (Å²) in [7, 11) is 0. The number of nitrogens with zero attached hydrogens (tertiary/aromatic N) is 1. The zero-order valence-corrected chi connectivity index (χ0v) is 10.0. The van der Waals surface area contributed by atoms with Crippen LogP contribution in [-0.4, -0.2) is 18.0 Å². The highest BCUT2D eigenvalue weighted by atomic mass is 15.2. The minimum absolute atomic E-state index is 0.550. The molecule has 82 valence electrons. The van der Waals surface area contributed by atoms with E-state index in [4.69, 9.17) is 0 Å². The molecule has 0 amide bonds. The predicted molar refractivity (Wildman–Crippen MR) is 64.7 cm³/mol. The standard InChI is InChI=1S/C14H21N/c1-12(2)14(3)10-15(11-14)9-13-7-5-4-6-8-13/h4-8,12H,9-11H2,1-3H3. The van der Waals surface area contributed by atoms with Crippen LogP contribution in [0.25, 0.3) is 0 Å². The highest BCUT2D eigenvalue weighted by Gasteiger charge is 2.40. The van der Waals surface area contributed by atoms with Gasteiger partial charge in [0.05, 0.1) is 0 Å². The Hall–Kier alpha value is -0.820. The molecule has 15 heavy (non-hydrogen) atoms. The number of likely N-dealkylation sites (tertiary alicyclic amines) is 1. The molecule has 0 aliphatic carbocycles. The molecule has 0 unspecified atom stereocenters. The molecule has 1 fully saturated rings. The van der Waals surface area contributed by atoms with Crippen molar-refractivity contribution in [1.29, 1.82) is 0 Å². The van der Waals surface area contributed by atoms with Gasteiger partial charge in [0.15, 0.2) is 0 Å². The van der Waals surface area contributed by atoms with Crippen molar-refractivity contribution in [2.45, 2.75) is 27.3 Å². The maximum Gasteiger partial charge on any atom is 0.0234 e. The van der Waals surface area contributed by atoms with Crippen molar-refractivity contribution >= 4 is 0 Å². The molecule has 1 heteroatoms. The Balaban J connectivity index is 1.86. The highest BCUT2D eigenvalue weighted by Crippen LogP contribution is 2.37. The third kappa shape index (κ3) is 2.23. The fourth-order valence-electron chi connectivity index (χ4n) is 2.29. The van der Waals surface area contributed by atoms with Crippen LogP contribution in [0.3, 0.4) is 0 Å². The normalized spacial score (nSPS) is 20.3. The van der Waals surface area contributed by atoms with Gasteiger partial charge in [-0.2, -0.15) is 0 Å². The number of benzene rings is 1. The van der Waals surface area contributed by atoms with Crippen LogP contribution in [0.5, 0.6) is 0 Å². The lowest BCUT2D eigenvalue weighted by molar-refractivity contribution is -0.0263. The van der Waals surface area contributed by atoms with Gasteiger partial charge in [0, 0.05) is 19.6 Å². The minimum atomic E-state index is 0.550. The number of hydrogen-bond acceptors (Lipinski definition) is 1. The molecule has 0 saturated carbocycles. The van der Waals surface area contributed by atoms with E-state index < -0.39 is 0 Å².